The molecule has 3 N–H and O–H groups in total. The van der Waals surface area contributed by atoms with E-state index in [0.717, 1.165) is 25.7 Å². The Bertz CT molecular complexity index is 957. The zero-order chi connectivity index (χ0) is 23.4. The summed E-state index contributed by atoms with van der Waals surface area (Å²) in [6.45, 7) is 0.647. The van der Waals surface area contributed by atoms with Crippen LogP contribution in [0.1, 0.15) is 48.9 Å². The van der Waals surface area contributed by atoms with E-state index in [1.54, 1.807) is 30.6 Å². The summed E-state index contributed by atoms with van der Waals surface area (Å²) in [7, 11) is 0. The Balaban J connectivity index is 1.29. The molecule has 8 nitrogen and oxygen atoms in total. The number of piperidine rings is 1. The zero-order valence-electron chi connectivity index (χ0n) is 18.1. The second kappa shape index (κ2) is 9.80. The van der Waals surface area contributed by atoms with E-state index >= 15 is 0 Å². The largest absolute Gasteiger partial charge is 0.474 e. The molecule has 11 heteroatoms. The van der Waals surface area contributed by atoms with E-state index in [2.05, 4.69) is 20.3 Å². The van der Waals surface area contributed by atoms with Crippen molar-refractivity contribution in [3.8, 4) is 5.88 Å². The van der Waals surface area contributed by atoms with Crippen LogP contribution in [0.5, 0.6) is 5.88 Å². The molecule has 0 atom stereocenters. The highest BCUT2D eigenvalue weighted by molar-refractivity contribution is 5.94. The quantitative estimate of drug-likeness (QED) is 0.673. The maximum Gasteiger partial charge on any atom is 0.391 e. The van der Waals surface area contributed by atoms with Crippen molar-refractivity contribution in [1.29, 1.82) is 0 Å². The van der Waals surface area contributed by atoms with E-state index in [1.165, 1.54) is 0 Å². The number of hydrogen-bond donors (Lipinski definition) is 2. The van der Waals surface area contributed by atoms with Gasteiger partial charge in [0.1, 0.15) is 17.5 Å². The number of carbonyl (C=O) groups is 1. The van der Waals surface area contributed by atoms with Gasteiger partial charge in [0, 0.05) is 31.5 Å². The van der Waals surface area contributed by atoms with Crippen molar-refractivity contribution < 1.29 is 22.7 Å². The lowest BCUT2D eigenvalue weighted by atomic mass is 9.93. The number of nitrogens with one attached hydrogen (secondary N) is 1. The zero-order valence-corrected chi connectivity index (χ0v) is 18.1. The third-order valence-corrected chi connectivity index (χ3v) is 6.25. The number of ether oxygens (including phenoxy) is 1. The third kappa shape index (κ3) is 5.82. The maximum absolute atomic E-state index is 12.9. The summed E-state index contributed by atoms with van der Waals surface area (Å²) >= 11 is 0. The second-order valence-corrected chi connectivity index (χ2v) is 8.50. The molecule has 2 aromatic rings. The molecular weight excluding hydrogens is 437 g/mol. The molecule has 1 saturated carbocycles. The van der Waals surface area contributed by atoms with Crippen LogP contribution in [0.3, 0.4) is 0 Å². The van der Waals surface area contributed by atoms with E-state index in [9.17, 15) is 18.0 Å². The Morgan fingerprint density at radius 2 is 1.79 bits per heavy atom. The topological polar surface area (TPSA) is 106 Å². The van der Waals surface area contributed by atoms with Crippen LogP contribution in [-0.4, -0.2) is 52.3 Å². The SMILES string of the molecule is NC(=O)c1cccnc1OC1CCC(Nc2nccc(N3CCC(C(F)(F)F)CC3)n2)CC1. The second-order valence-electron chi connectivity index (χ2n) is 8.50. The van der Waals surface area contributed by atoms with Crippen LogP contribution >= 0.6 is 0 Å². The van der Waals surface area contributed by atoms with Gasteiger partial charge in [-0.3, -0.25) is 4.79 Å². The molecule has 1 aliphatic heterocycles. The first-order chi connectivity index (χ1) is 15.8. The summed E-state index contributed by atoms with van der Waals surface area (Å²) in [6, 6.07) is 5.11. The fourth-order valence-corrected chi connectivity index (χ4v) is 4.37. The Hall–Kier alpha value is -3.11. The molecule has 0 unspecified atom stereocenters. The molecule has 178 valence electrons. The van der Waals surface area contributed by atoms with Gasteiger partial charge in [-0.25, -0.2) is 9.97 Å². The van der Waals surface area contributed by atoms with Gasteiger partial charge in [0.2, 0.25) is 11.8 Å². The molecule has 0 radical (unpaired) electrons. The number of alkyl halides is 3. The number of nitrogens with two attached hydrogens (primary N) is 1. The van der Waals surface area contributed by atoms with E-state index in [-0.39, 0.29) is 36.4 Å². The van der Waals surface area contributed by atoms with E-state index in [4.69, 9.17) is 10.5 Å². The van der Waals surface area contributed by atoms with Gasteiger partial charge in [-0.1, -0.05) is 0 Å². The molecule has 3 heterocycles. The Labute approximate surface area is 189 Å². The summed E-state index contributed by atoms with van der Waals surface area (Å²) < 4.78 is 44.7. The number of rotatable bonds is 6. The fourth-order valence-electron chi connectivity index (χ4n) is 4.37. The molecular formula is C22H27F3N6O2. The van der Waals surface area contributed by atoms with Crippen LogP contribution in [0.2, 0.25) is 0 Å². The highest BCUT2D eigenvalue weighted by atomic mass is 19.4. The number of primary amides is 1. The first-order valence-electron chi connectivity index (χ1n) is 11.1. The predicted molar refractivity (Wildman–Crippen MR) is 116 cm³/mol. The number of pyridine rings is 1. The van der Waals surface area contributed by atoms with Crippen LogP contribution in [0, 0.1) is 5.92 Å². The average molecular weight is 464 g/mol. The molecule has 2 aliphatic rings. The van der Waals surface area contributed by atoms with E-state index in [0.29, 0.717) is 24.9 Å². The van der Waals surface area contributed by atoms with Crippen LogP contribution in [-0.2, 0) is 0 Å². The number of amides is 1. The number of hydrogen-bond acceptors (Lipinski definition) is 7. The van der Waals surface area contributed by atoms with E-state index in [1.807, 2.05) is 4.90 Å². The molecule has 2 fully saturated rings. The van der Waals surface area contributed by atoms with Gasteiger partial charge in [-0.05, 0) is 56.7 Å². The molecule has 0 aromatic carbocycles. The molecule has 4 rings (SSSR count). The van der Waals surface area contributed by atoms with Crippen LogP contribution < -0.4 is 20.7 Å². The van der Waals surface area contributed by atoms with Gasteiger partial charge in [0.05, 0.1) is 5.92 Å². The fraction of sp³-hybridized carbons (Fsp3) is 0.545. The van der Waals surface area contributed by atoms with Gasteiger partial charge in [-0.15, -0.1) is 0 Å². The third-order valence-electron chi connectivity index (χ3n) is 6.25. The van der Waals surface area contributed by atoms with Crippen molar-refractivity contribution in [2.24, 2.45) is 11.7 Å². The minimum atomic E-state index is -4.13. The number of halogens is 3. The summed E-state index contributed by atoms with van der Waals surface area (Å²) in [5.74, 6) is -0.453. The molecule has 1 amide bonds. The smallest absolute Gasteiger partial charge is 0.391 e. The standard InChI is InChI=1S/C22H27F3N6O2/c23-22(24,25)14-8-12-31(13-9-14)18-7-11-28-21(30-18)29-15-3-5-16(6-4-15)33-20-17(19(26)32)2-1-10-27-20/h1-2,7,10-11,14-16H,3-6,8-9,12-13H2,(H2,26,32)(H,28,29,30). The molecule has 1 aliphatic carbocycles. The predicted octanol–water partition coefficient (Wildman–Crippen LogP) is 3.55. The first kappa shape index (κ1) is 23.1. The lowest BCUT2D eigenvalue weighted by Crippen LogP contribution is -2.39. The molecule has 1 saturated heterocycles. The van der Waals surface area contributed by atoms with Gasteiger partial charge >= 0.3 is 6.18 Å². The summed E-state index contributed by atoms with van der Waals surface area (Å²) in [5.41, 5.74) is 5.65. The van der Waals surface area contributed by atoms with Crippen LogP contribution in [0.25, 0.3) is 0 Å². The van der Waals surface area contributed by atoms with Crippen molar-refractivity contribution in [2.75, 3.05) is 23.3 Å². The Kier molecular flexibility index (Phi) is 6.85. The van der Waals surface area contributed by atoms with Crippen molar-refractivity contribution >= 4 is 17.7 Å². The van der Waals surface area contributed by atoms with Crippen LogP contribution in [0.15, 0.2) is 30.6 Å². The molecule has 0 spiro atoms. The molecule has 0 bridgehead atoms. The van der Waals surface area contributed by atoms with Gasteiger partial charge in [0.25, 0.3) is 5.91 Å². The number of anilines is 2. The van der Waals surface area contributed by atoms with Crippen LogP contribution in [0.4, 0.5) is 24.9 Å². The van der Waals surface area contributed by atoms with Crippen molar-refractivity contribution in [3.05, 3.63) is 36.2 Å². The Morgan fingerprint density at radius 3 is 2.45 bits per heavy atom. The lowest BCUT2D eigenvalue weighted by Gasteiger charge is -2.34. The summed E-state index contributed by atoms with van der Waals surface area (Å²) in [6.07, 6.45) is 2.29. The van der Waals surface area contributed by atoms with Crippen molar-refractivity contribution in [3.63, 3.8) is 0 Å². The molecule has 33 heavy (non-hydrogen) atoms. The van der Waals surface area contributed by atoms with E-state index < -0.39 is 18.0 Å². The van der Waals surface area contributed by atoms with Crippen molar-refractivity contribution in [2.45, 2.75) is 56.8 Å². The maximum atomic E-state index is 12.9. The van der Waals surface area contributed by atoms with Gasteiger partial charge in [-0.2, -0.15) is 18.2 Å². The number of nitrogens with zero attached hydrogens (tertiary/aromatic N) is 4. The summed E-state index contributed by atoms with van der Waals surface area (Å²) in [4.78, 5) is 26.4. The van der Waals surface area contributed by atoms with Gasteiger partial charge in [0.15, 0.2) is 0 Å². The average Bonchev–Trinajstić information content (AvgIpc) is 2.80. The minimum Gasteiger partial charge on any atom is -0.474 e. The lowest BCUT2D eigenvalue weighted by molar-refractivity contribution is -0.179. The Morgan fingerprint density at radius 1 is 1.06 bits per heavy atom. The minimum absolute atomic E-state index is 0.0711. The first-order valence-corrected chi connectivity index (χ1v) is 11.1. The number of aromatic nitrogens is 3. The highest BCUT2D eigenvalue weighted by Crippen LogP contribution is 2.35. The monoisotopic (exact) mass is 464 g/mol. The number of carbonyl (C=O) groups excluding carboxylic acids is 1. The van der Waals surface area contributed by atoms with Crippen molar-refractivity contribution in [1.82, 2.24) is 15.0 Å². The highest BCUT2D eigenvalue weighted by Gasteiger charge is 2.41. The summed E-state index contributed by atoms with van der Waals surface area (Å²) in [5, 5.41) is 3.33. The molecule has 2 aromatic heterocycles. The normalized spacial score (nSPS) is 22.1. The van der Waals surface area contributed by atoms with Gasteiger partial charge < -0.3 is 20.7 Å².